The van der Waals surface area contributed by atoms with E-state index in [-0.39, 0.29) is 0 Å². The summed E-state index contributed by atoms with van der Waals surface area (Å²) in [6.07, 6.45) is 11.0. The summed E-state index contributed by atoms with van der Waals surface area (Å²) in [6.45, 7) is 9.36. The first-order chi connectivity index (χ1) is 9.05. The quantitative estimate of drug-likeness (QED) is 0.456. The van der Waals surface area contributed by atoms with Crippen molar-refractivity contribution in [2.24, 2.45) is 5.41 Å². The van der Waals surface area contributed by atoms with E-state index in [4.69, 9.17) is 0 Å². The van der Waals surface area contributed by atoms with Gasteiger partial charge < -0.3 is 0 Å². The molecular formula is C19H32. The smallest absolute Gasteiger partial charge is 0.0225 e. The Kier molecular flexibility index (Phi) is 7.20. The maximum atomic E-state index is 2.42. The molecule has 0 N–H and O–H groups in total. The largest absolute Gasteiger partial charge is 0.0654 e. The van der Waals surface area contributed by atoms with Crippen molar-refractivity contribution in [1.82, 2.24) is 0 Å². The van der Waals surface area contributed by atoms with Gasteiger partial charge in [0.05, 0.1) is 0 Å². The minimum Gasteiger partial charge on any atom is -0.0654 e. The fourth-order valence-electron chi connectivity index (χ4n) is 2.80. The average Bonchev–Trinajstić information content (AvgIpc) is 2.36. The zero-order chi connectivity index (χ0) is 14.1. The normalized spacial score (nSPS) is 11.8. The number of unbranched alkanes of at least 4 members (excludes halogenated alkanes) is 5. The number of aryl methyl sites for hydroxylation is 1. The fourth-order valence-corrected chi connectivity index (χ4v) is 2.80. The first kappa shape index (κ1) is 16.3. The average molecular weight is 260 g/mol. The summed E-state index contributed by atoms with van der Waals surface area (Å²) >= 11 is 0. The second-order valence-electron chi connectivity index (χ2n) is 6.79. The Hall–Kier alpha value is -0.780. The molecule has 0 nitrogen and oxygen atoms in total. The molecule has 1 rings (SSSR count). The lowest BCUT2D eigenvalue weighted by Crippen LogP contribution is -2.15. The molecule has 0 saturated carbocycles. The maximum Gasteiger partial charge on any atom is -0.0225 e. The van der Waals surface area contributed by atoms with Crippen LogP contribution in [0.1, 0.15) is 76.8 Å². The van der Waals surface area contributed by atoms with E-state index in [2.05, 4.69) is 52.0 Å². The van der Waals surface area contributed by atoms with Gasteiger partial charge in [0.15, 0.2) is 0 Å². The van der Waals surface area contributed by atoms with E-state index in [1.807, 2.05) is 0 Å². The van der Waals surface area contributed by atoms with Crippen molar-refractivity contribution in [2.45, 2.75) is 79.1 Å². The van der Waals surface area contributed by atoms with Crippen LogP contribution in [0.4, 0.5) is 0 Å². The summed E-state index contributed by atoms with van der Waals surface area (Å²) in [4.78, 5) is 0. The fraction of sp³-hybridized carbons (Fsp3) is 0.684. The third-order valence-corrected chi connectivity index (χ3v) is 4.14. The van der Waals surface area contributed by atoms with Gasteiger partial charge in [-0.1, -0.05) is 83.6 Å². The first-order valence-corrected chi connectivity index (χ1v) is 8.10. The van der Waals surface area contributed by atoms with Crippen LogP contribution in [0.5, 0.6) is 0 Å². The lowest BCUT2D eigenvalue weighted by molar-refractivity contribution is 0.316. The molecule has 0 radical (unpaired) electrons. The van der Waals surface area contributed by atoms with Crippen molar-refractivity contribution in [1.29, 1.82) is 0 Å². The van der Waals surface area contributed by atoms with Crippen LogP contribution >= 0.6 is 0 Å². The van der Waals surface area contributed by atoms with Gasteiger partial charge in [0, 0.05) is 0 Å². The van der Waals surface area contributed by atoms with E-state index in [1.165, 1.54) is 62.5 Å². The van der Waals surface area contributed by atoms with E-state index in [0.29, 0.717) is 5.41 Å². The Morgan fingerprint density at radius 3 is 2.21 bits per heavy atom. The van der Waals surface area contributed by atoms with Gasteiger partial charge >= 0.3 is 0 Å². The van der Waals surface area contributed by atoms with Crippen molar-refractivity contribution in [3.63, 3.8) is 0 Å². The molecule has 0 aliphatic heterocycles. The van der Waals surface area contributed by atoms with Crippen LogP contribution < -0.4 is 0 Å². The van der Waals surface area contributed by atoms with Crippen LogP contribution in [0.15, 0.2) is 24.3 Å². The van der Waals surface area contributed by atoms with Crippen molar-refractivity contribution >= 4 is 0 Å². The highest BCUT2D eigenvalue weighted by Crippen LogP contribution is 2.29. The zero-order valence-electron chi connectivity index (χ0n) is 13.5. The third-order valence-electron chi connectivity index (χ3n) is 4.14. The van der Waals surface area contributed by atoms with E-state index >= 15 is 0 Å². The van der Waals surface area contributed by atoms with Crippen LogP contribution in [0.25, 0.3) is 0 Å². The Labute approximate surface area is 120 Å². The molecule has 108 valence electrons. The summed E-state index contributed by atoms with van der Waals surface area (Å²) in [5.41, 5.74) is 3.41. The van der Waals surface area contributed by atoms with Crippen molar-refractivity contribution < 1.29 is 0 Å². The van der Waals surface area contributed by atoms with Crippen molar-refractivity contribution in [2.75, 3.05) is 0 Å². The first-order valence-electron chi connectivity index (χ1n) is 8.10. The number of benzene rings is 1. The highest BCUT2D eigenvalue weighted by atomic mass is 14.2. The lowest BCUT2D eigenvalue weighted by atomic mass is 9.80. The number of rotatable bonds is 9. The van der Waals surface area contributed by atoms with Gasteiger partial charge in [0.25, 0.3) is 0 Å². The van der Waals surface area contributed by atoms with E-state index in [1.54, 1.807) is 0 Å². The van der Waals surface area contributed by atoms with Crippen LogP contribution in [0.2, 0.25) is 0 Å². The van der Waals surface area contributed by atoms with Crippen LogP contribution in [-0.4, -0.2) is 0 Å². The molecule has 0 aliphatic rings. The van der Waals surface area contributed by atoms with Gasteiger partial charge in [0.2, 0.25) is 0 Å². The van der Waals surface area contributed by atoms with Crippen LogP contribution in [0.3, 0.4) is 0 Å². The molecule has 0 saturated heterocycles. The highest BCUT2D eigenvalue weighted by Gasteiger charge is 2.18. The van der Waals surface area contributed by atoms with Crippen LogP contribution in [0, 0.1) is 12.3 Å². The second kappa shape index (κ2) is 8.40. The molecule has 0 bridgehead atoms. The Bertz CT molecular complexity index is 349. The van der Waals surface area contributed by atoms with Gasteiger partial charge in [-0.25, -0.2) is 0 Å². The molecule has 1 aromatic carbocycles. The minimum absolute atomic E-state index is 0.441. The lowest BCUT2D eigenvalue weighted by Gasteiger charge is -2.25. The van der Waals surface area contributed by atoms with E-state index in [0.717, 1.165) is 0 Å². The molecule has 0 heteroatoms. The minimum atomic E-state index is 0.441. The molecule has 0 heterocycles. The molecule has 0 aromatic heterocycles. The Morgan fingerprint density at radius 2 is 1.53 bits per heavy atom. The van der Waals surface area contributed by atoms with Gasteiger partial charge in [-0.3, -0.25) is 0 Å². The number of hydrogen-bond acceptors (Lipinski definition) is 0. The molecule has 0 spiro atoms. The summed E-state index contributed by atoms with van der Waals surface area (Å²) in [5.74, 6) is 0. The summed E-state index contributed by atoms with van der Waals surface area (Å²) in [7, 11) is 0. The summed E-state index contributed by atoms with van der Waals surface area (Å²) in [5, 5.41) is 0. The Morgan fingerprint density at radius 1 is 0.895 bits per heavy atom. The zero-order valence-corrected chi connectivity index (χ0v) is 13.5. The third kappa shape index (κ3) is 6.80. The molecule has 0 atom stereocenters. The van der Waals surface area contributed by atoms with Gasteiger partial charge in [-0.2, -0.15) is 0 Å². The van der Waals surface area contributed by atoms with E-state index in [9.17, 15) is 0 Å². The predicted octanol–water partition coefficient (Wildman–Crippen LogP) is 6.31. The molecule has 0 unspecified atom stereocenters. The van der Waals surface area contributed by atoms with Gasteiger partial charge in [-0.05, 0) is 36.3 Å². The predicted molar refractivity (Wildman–Crippen MR) is 86.7 cm³/mol. The van der Waals surface area contributed by atoms with Crippen molar-refractivity contribution in [3.05, 3.63) is 35.4 Å². The van der Waals surface area contributed by atoms with Crippen molar-refractivity contribution in [3.8, 4) is 0 Å². The van der Waals surface area contributed by atoms with Gasteiger partial charge in [0.1, 0.15) is 0 Å². The maximum absolute atomic E-state index is 2.42. The second-order valence-corrected chi connectivity index (χ2v) is 6.79. The SMILES string of the molecule is CCCCCCCCC(C)(C)Cc1ccccc1C. The summed E-state index contributed by atoms with van der Waals surface area (Å²) in [6, 6.07) is 8.83. The number of hydrogen-bond donors (Lipinski definition) is 0. The molecule has 1 aromatic rings. The molecular weight excluding hydrogens is 228 g/mol. The molecule has 0 aliphatic carbocycles. The van der Waals surface area contributed by atoms with Crippen LogP contribution in [-0.2, 0) is 6.42 Å². The van der Waals surface area contributed by atoms with Gasteiger partial charge in [-0.15, -0.1) is 0 Å². The highest BCUT2D eigenvalue weighted by molar-refractivity contribution is 5.26. The molecule has 19 heavy (non-hydrogen) atoms. The molecule has 0 fully saturated rings. The Balaban J connectivity index is 2.30. The monoisotopic (exact) mass is 260 g/mol. The summed E-state index contributed by atoms with van der Waals surface area (Å²) < 4.78 is 0. The standard InChI is InChI=1S/C19H32/c1-5-6-7-8-9-12-15-19(3,4)16-18-14-11-10-13-17(18)2/h10-11,13-14H,5-9,12,15-16H2,1-4H3. The topological polar surface area (TPSA) is 0 Å². The van der Waals surface area contributed by atoms with E-state index < -0.39 is 0 Å². The molecule has 0 amide bonds.